The molecule has 1 heterocycles. The van der Waals surface area contributed by atoms with Gasteiger partial charge in [-0.05, 0) is 23.8 Å². The summed E-state index contributed by atoms with van der Waals surface area (Å²) in [5.74, 6) is 1.25. The number of methoxy groups -OCH3 is 9. The van der Waals surface area contributed by atoms with Crippen LogP contribution < -0.4 is 48.1 Å². The molecule has 0 saturated carbocycles. The minimum atomic E-state index is -2.20. The van der Waals surface area contributed by atoms with E-state index in [9.17, 15) is 0 Å². The molecule has 1 aromatic heterocycles. The van der Waals surface area contributed by atoms with E-state index in [1.54, 1.807) is 72.8 Å². The lowest BCUT2D eigenvalue weighted by Crippen LogP contribution is -2.41. The van der Waals surface area contributed by atoms with Crippen LogP contribution in [0.2, 0.25) is 0 Å². The van der Waals surface area contributed by atoms with Gasteiger partial charge in [-0.1, -0.05) is 18.2 Å². The highest BCUT2D eigenvalue weighted by molar-refractivity contribution is 7.10. The fourth-order valence-corrected chi connectivity index (χ4v) is 7.44. The molecule has 0 bridgehead atoms. The third kappa shape index (κ3) is 6.18. The predicted molar refractivity (Wildman–Crippen MR) is 213 cm³/mol. The van der Waals surface area contributed by atoms with Gasteiger partial charge in [-0.25, -0.2) is 0 Å². The second-order valence-electron chi connectivity index (χ2n) is 12.2. The van der Waals surface area contributed by atoms with Gasteiger partial charge in [0.15, 0.2) is 5.41 Å². The van der Waals surface area contributed by atoms with Gasteiger partial charge in [0.2, 0.25) is 5.43 Å². The van der Waals surface area contributed by atoms with Crippen LogP contribution in [0.5, 0.6) is 51.7 Å². The van der Waals surface area contributed by atoms with Crippen LogP contribution in [0.3, 0.4) is 0 Å². The van der Waals surface area contributed by atoms with Crippen molar-refractivity contribution in [2.45, 2.75) is 5.41 Å². The quantitative estimate of drug-likeness (QED) is 0.0618. The van der Waals surface area contributed by atoms with Gasteiger partial charge in [0.25, 0.3) is 0 Å². The summed E-state index contributed by atoms with van der Waals surface area (Å²) in [6.45, 7) is 0. The fraction of sp³-hybridized carbons (Fsp3) is 0.238. The molecule has 0 N–H and O–H groups in total. The maximum atomic E-state index is 15.5. The van der Waals surface area contributed by atoms with Crippen molar-refractivity contribution in [2.24, 2.45) is 0 Å². The summed E-state index contributed by atoms with van der Waals surface area (Å²) in [7, 11) is 15.2. The lowest BCUT2D eigenvalue weighted by molar-refractivity contribution is -0.136. The molecule has 6 rings (SSSR count). The van der Waals surface area contributed by atoms with Crippen LogP contribution in [-0.2, 0) is 14.7 Å². The van der Waals surface area contributed by atoms with Crippen molar-refractivity contribution in [2.75, 3.05) is 64.0 Å². The fourth-order valence-electron chi connectivity index (χ4n) is 7.26. The highest BCUT2D eigenvalue weighted by atomic mass is 31.0. The lowest BCUT2D eigenvalue weighted by atomic mass is 9.65. The highest BCUT2D eigenvalue weighted by Gasteiger charge is 2.55. The number of carbonyl (C=O) groups excluding carboxylic acids is 1. The summed E-state index contributed by atoms with van der Waals surface area (Å²) in [6, 6.07) is 19.8. The van der Waals surface area contributed by atoms with Crippen LogP contribution in [0.1, 0.15) is 16.7 Å². The maximum Gasteiger partial charge on any atom is 0.328 e. The molecular weight excluding hydrogens is 743 g/mol. The van der Waals surface area contributed by atoms with Crippen LogP contribution in [0.25, 0.3) is 33.1 Å². The summed E-state index contributed by atoms with van der Waals surface area (Å²) < 4.78 is 65.4. The number of benzene rings is 5. The van der Waals surface area contributed by atoms with E-state index in [1.165, 1.54) is 64.0 Å². The molecule has 0 fully saturated rings. The van der Waals surface area contributed by atoms with E-state index in [0.29, 0.717) is 22.8 Å². The normalized spacial score (nSPS) is 11.2. The number of fused-ring (bicyclic) bond motifs is 2. The predicted octanol–water partition coefficient (Wildman–Crippen LogP) is 7.36. The first-order valence-corrected chi connectivity index (χ1v) is 17.4. The van der Waals surface area contributed by atoms with E-state index in [2.05, 4.69) is 0 Å². The first-order chi connectivity index (χ1) is 27.1. The average molecular weight is 785 g/mol. The van der Waals surface area contributed by atoms with Crippen molar-refractivity contribution in [1.82, 2.24) is 0 Å². The first-order valence-electron chi connectivity index (χ1n) is 17.0. The van der Waals surface area contributed by atoms with Gasteiger partial charge >= 0.3 is 5.97 Å². The molecule has 1 unspecified atom stereocenters. The molecule has 0 aliphatic heterocycles. The van der Waals surface area contributed by atoms with E-state index >= 15 is 9.59 Å². The summed E-state index contributed by atoms with van der Waals surface area (Å²) in [4.78, 5) is 30.6. The van der Waals surface area contributed by atoms with Crippen LogP contribution in [0.4, 0.5) is 0 Å². The van der Waals surface area contributed by atoms with Gasteiger partial charge in [-0.15, -0.1) is 0 Å². The van der Waals surface area contributed by atoms with E-state index in [4.69, 9.17) is 51.6 Å². The molecule has 0 aliphatic rings. The second kappa shape index (κ2) is 16.2. The van der Waals surface area contributed by atoms with Crippen molar-refractivity contribution >= 4 is 37.4 Å². The first kappa shape index (κ1) is 39.4. The Labute approximate surface area is 325 Å². The van der Waals surface area contributed by atoms with Crippen molar-refractivity contribution in [3.8, 4) is 62.9 Å². The van der Waals surface area contributed by atoms with Crippen molar-refractivity contribution in [3.63, 3.8) is 0 Å². The molecule has 6 aromatic rings. The number of rotatable bonds is 14. The van der Waals surface area contributed by atoms with Gasteiger partial charge < -0.3 is 51.6 Å². The zero-order valence-corrected chi connectivity index (χ0v) is 33.5. The Balaban J connectivity index is 2.05. The molecule has 0 spiro atoms. The number of hydrogen-bond donors (Lipinski definition) is 0. The van der Waals surface area contributed by atoms with E-state index in [-0.39, 0.29) is 78.7 Å². The van der Waals surface area contributed by atoms with Crippen molar-refractivity contribution in [3.05, 3.63) is 99.7 Å². The minimum Gasteiger partial charge on any atom is -0.496 e. The van der Waals surface area contributed by atoms with E-state index in [1.807, 2.05) is 9.47 Å². The van der Waals surface area contributed by atoms with E-state index < -0.39 is 16.8 Å². The lowest BCUT2D eigenvalue weighted by Gasteiger charge is -2.38. The third-order valence-corrected chi connectivity index (χ3v) is 9.92. The van der Waals surface area contributed by atoms with Gasteiger partial charge in [0.05, 0.1) is 101 Å². The van der Waals surface area contributed by atoms with Crippen LogP contribution >= 0.6 is 9.47 Å². The highest BCUT2D eigenvalue weighted by Crippen LogP contribution is 2.59. The molecule has 0 aliphatic carbocycles. The summed E-state index contributed by atoms with van der Waals surface area (Å²) in [5.41, 5.74) is -1.19. The molecule has 13 nitrogen and oxygen atoms in total. The zero-order chi connectivity index (χ0) is 40.3. The molecule has 56 heavy (non-hydrogen) atoms. The number of hydrogen-bond acceptors (Lipinski definition) is 13. The molecule has 1 atom stereocenters. The Bertz CT molecular complexity index is 2370. The second-order valence-corrected chi connectivity index (χ2v) is 12.4. The maximum absolute atomic E-state index is 15.5. The van der Waals surface area contributed by atoms with Crippen LogP contribution in [-0.4, -0.2) is 70.0 Å². The molecule has 0 radical (unpaired) electrons. The molecule has 0 amide bonds. The van der Waals surface area contributed by atoms with Crippen molar-refractivity contribution < 1.29 is 56.4 Å². The standard InChI is InChI=1S/C42H41O13P/c1-45-22-16-29(48-4)36(30(17-22)49-5)35-26(14-15-28-37(35)40(43)25-12-10-11-13-27(25)54-28)42(41(44)55-56,38-31(50-6)18-23(46-2)19-32(38)51-7)39-33(52-8)20-24(47-3)21-34(39)53-9/h10-21H,56H2,1-9H3. The zero-order valence-electron chi connectivity index (χ0n) is 32.3. The Morgan fingerprint density at radius 1 is 0.536 bits per heavy atom. The topological polar surface area (TPSA) is 140 Å². The summed E-state index contributed by atoms with van der Waals surface area (Å²) in [6.07, 6.45) is 0. The Morgan fingerprint density at radius 3 is 1.38 bits per heavy atom. The molecule has 292 valence electrons. The van der Waals surface area contributed by atoms with Gasteiger partial charge in [0.1, 0.15) is 62.9 Å². The van der Waals surface area contributed by atoms with Gasteiger partial charge in [0, 0.05) is 42.0 Å². The smallest absolute Gasteiger partial charge is 0.328 e. The number of ether oxygens (including phenoxy) is 9. The summed E-state index contributed by atoms with van der Waals surface area (Å²) >= 11 is 0. The Hall–Kier alpha value is -6.33. The summed E-state index contributed by atoms with van der Waals surface area (Å²) in [5, 5.41) is 0.366. The Morgan fingerprint density at radius 2 is 0.964 bits per heavy atom. The average Bonchev–Trinajstić information content (AvgIpc) is 3.25. The number of carbonyl (C=O) groups is 1. The minimum absolute atomic E-state index is 0.0850. The van der Waals surface area contributed by atoms with Gasteiger partial charge in [-0.2, -0.15) is 0 Å². The third-order valence-electron chi connectivity index (χ3n) is 9.71. The van der Waals surface area contributed by atoms with Crippen LogP contribution in [0, 0.1) is 0 Å². The molecule has 14 heteroatoms. The molecular formula is C42H41O13P. The monoisotopic (exact) mass is 784 g/mol. The number of para-hydroxylation sites is 1. The SMILES string of the molecule is COc1cc(OC)c(-c2c(C(C(=O)OP)(c3c(OC)cc(OC)cc3OC)c3c(OC)cc(OC)cc3OC)ccc3oc4ccccc4c(=O)c23)c(OC)c1. The van der Waals surface area contributed by atoms with Crippen molar-refractivity contribution in [1.29, 1.82) is 0 Å². The van der Waals surface area contributed by atoms with Gasteiger partial charge in [-0.3, -0.25) is 9.59 Å². The van der Waals surface area contributed by atoms with E-state index in [0.717, 1.165) is 0 Å². The molecule has 5 aromatic carbocycles. The largest absolute Gasteiger partial charge is 0.496 e. The molecule has 0 saturated heterocycles. The van der Waals surface area contributed by atoms with Crippen LogP contribution in [0.15, 0.2) is 82.0 Å². The Kier molecular flexibility index (Phi) is 11.4.